The Morgan fingerprint density at radius 3 is 2.54 bits per heavy atom. The minimum absolute atomic E-state index is 0.495. The smallest absolute Gasteiger partial charge is 0.0128 e. The Balaban J connectivity index is 1.90. The normalized spacial score (nSPS) is 47.3. The first-order valence-corrected chi connectivity index (χ1v) is 5.70. The summed E-state index contributed by atoms with van der Waals surface area (Å²) in [5.41, 5.74) is 5.83. The van der Waals surface area contributed by atoms with Crippen LogP contribution in [-0.4, -0.2) is 29.6 Å². The van der Waals surface area contributed by atoms with Crippen LogP contribution in [0.4, 0.5) is 0 Å². The van der Waals surface area contributed by atoms with Crippen LogP contribution in [0, 0.1) is 5.92 Å². The van der Waals surface area contributed by atoms with Gasteiger partial charge < -0.3 is 5.73 Å². The molecule has 2 aliphatic rings. The van der Waals surface area contributed by atoms with E-state index in [0.29, 0.717) is 6.04 Å². The summed E-state index contributed by atoms with van der Waals surface area (Å²) in [6, 6.07) is 2.09. The van der Waals surface area contributed by atoms with Gasteiger partial charge in [-0.05, 0) is 45.1 Å². The van der Waals surface area contributed by atoms with Crippen LogP contribution < -0.4 is 5.73 Å². The van der Waals surface area contributed by atoms with Crippen molar-refractivity contribution in [3.05, 3.63) is 0 Å². The fourth-order valence-corrected chi connectivity index (χ4v) is 2.78. The van der Waals surface area contributed by atoms with Crippen LogP contribution in [0.2, 0.25) is 0 Å². The van der Waals surface area contributed by atoms with Crippen LogP contribution >= 0.6 is 0 Å². The molecule has 1 aliphatic carbocycles. The number of rotatable bonds is 1. The molecule has 0 aromatic heterocycles. The lowest BCUT2D eigenvalue weighted by Crippen LogP contribution is -2.56. The van der Waals surface area contributed by atoms with Gasteiger partial charge in [-0.3, -0.25) is 4.90 Å². The third-order valence-electron chi connectivity index (χ3n) is 4.04. The predicted molar refractivity (Wildman–Crippen MR) is 55.6 cm³/mol. The molecule has 1 aliphatic heterocycles. The largest absolute Gasteiger partial charge is 0.328 e. The number of hydrogen-bond acceptors (Lipinski definition) is 2. The van der Waals surface area contributed by atoms with Crippen LogP contribution in [-0.2, 0) is 0 Å². The Morgan fingerprint density at radius 2 is 1.92 bits per heavy atom. The van der Waals surface area contributed by atoms with Crippen LogP contribution in [0.5, 0.6) is 0 Å². The average molecular weight is 182 g/mol. The molecule has 0 bridgehead atoms. The predicted octanol–water partition coefficient (Wildman–Crippen LogP) is 1.60. The summed E-state index contributed by atoms with van der Waals surface area (Å²) in [7, 11) is 0. The molecule has 0 amide bonds. The number of nitrogens with zero attached hydrogens (tertiary/aromatic N) is 1. The zero-order valence-corrected chi connectivity index (χ0v) is 8.87. The molecule has 13 heavy (non-hydrogen) atoms. The van der Waals surface area contributed by atoms with Crippen molar-refractivity contribution in [2.45, 2.75) is 57.7 Å². The van der Waals surface area contributed by atoms with Crippen molar-refractivity contribution in [2.24, 2.45) is 11.7 Å². The molecular formula is C11H22N2. The first kappa shape index (κ1) is 9.47. The summed E-state index contributed by atoms with van der Waals surface area (Å²) in [6.07, 6.45) is 5.27. The number of likely N-dealkylation sites (tertiary alicyclic amines) is 1. The second-order valence-electron chi connectivity index (χ2n) is 4.98. The lowest BCUT2D eigenvalue weighted by molar-refractivity contribution is 0.0238. The molecule has 2 unspecified atom stereocenters. The van der Waals surface area contributed by atoms with E-state index in [9.17, 15) is 0 Å². The van der Waals surface area contributed by atoms with Crippen molar-refractivity contribution in [3.63, 3.8) is 0 Å². The fourth-order valence-electron chi connectivity index (χ4n) is 2.78. The molecule has 2 heteroatoms. The molecule has 1 saturated carbocycles. The quantitative estimate of drug-likeness (QED) is 0.667. The lowest BCUT2D eigenvalue weighted by atomic mass is 9.82. The van der Waals surface area contributed by atoms with Crippen LogP contribution in [0.3, 0.4) is 0 Å². The first-order chi connectivity index (χ1) is 6.18. The highest BCUT2D eigenvalue weighted by Crippen LogP contribution is 2.32. The van der Waals surface area contributed by atoms with Gasteiger partial charge in [-0.15, -0.1) is 0 Å². The van der Waals surface area contributed by atoms with E-state index in [1.54, 1.807) is 0 Å². The Morgan fingerprint density at radius 1 is 1.23 bits per heavy atom. The minimum atomic E-state index is 0.495. The summed E-state index contributed by atoms with van der Waals surface area (Å²) in [4.78, 5) is 2.69. The van der Waals surface area contributed by atoms with E-state index in [0.717, 1.165) is 18.0 Å². The van der Waals surface area contributed by atoms with Gasteiger partial charge in [-0.2, -0.15) is 0 Å². The SMILES string of the molecule is CC1CCCN(C2CC(N)C2)C1C. The van der Waals surface area contributed by atoms with E-state index < -0.39 is 0 Å². The monoisotopic (exact) mass is 182 g/mol. The van der Waals surface area contributed by atoms with Gasteiger partial charge in [0, 0.05) is 18.1 Å². The molecule has 0 radical (unpaired) electrons. The van der Waals surface area contributed by atoms with Crippen molar-refractivity contribution >= 4 is 0 Å². The maximum atomic E-state index is 5.83. The van der Waals surface area contributed by atoms with Crippen molar-refractivity contribution in [1.82, 2.24) is 4.90 Å². The molecule has 0 spiro atoms. The van der Waals surface area contributed by atoms with Crippen molar-refractivity contribution in [2.75, 3.05) is 6.54 Å². The Kier molecular flexibility index (Phi) is 2.61. The highest BCUT2D eigenvalue weighted by Gasteiger charge is 2.36. The van der Waals surface area contributed by atoms with Crippen LogP contribution in [0.1, 0.15) is 39.5 Å². The van der Waals surface area contributed by atoms with Gasteiger partial charge >= 0.3 is 0 Å². The third-order valence-corrected chi connectivity index (χ3v) is 4.04. The highest BCUT2D eigenvalue weighted by atomic mass is 15.2. The van der Waals surface area contributed by atoms with Gasteiger partial charge in [0.05, 0.1) is 0 Å². The van der Waals surface area contributed by atoms with E-state index >= 15 is 0 Å². The topological polar surface area (TPSA) is 29.3 Å². The zero-order valence-electron chi connectivity index (χ0n) is 8.87. The van der Waals surface area contributed by atoms with Gasteiger partial charge in [0.15, 0.2) is 0 Å². The number of piperidine rings is 1. The molecule has 0 aromatic rings. The number of hydrogen-bond donors (Lipinski definition) is 1. The summed E-state index contributed by atoms with van der Waals surface area (Å²) in [6.45, 7) is 6.08. The maximum absolute atomic E-state index is 5.83. The molecule has 2 N–H and O–H groups in total. The molecular weight excluding hydrogens is 160 g/mol. The molecule has 1 saturated heterocycles. The summed E-state index contributed by atoms with van der Waals surface area (Å²) in [5.74, 6) is 0.880. The van der Waals surface area contributed by atoms with Gasteiger partial charge in [0.1, 0.15) is 0 Å². The third kappa shape index (κ3) is 1.75. The Bertz CT molecular complexity index is 175. The first-order valence-electron chi connectivity index (χ1n) is 5.70. The van der Waals surface area contributed by atoms with Gasteiger partial charge in [-0.25, -0.2) is 0 Å². The van der Waals surface area contributed by atoms with E-state index in [4.69, 9.17) is 5.73 Å². The molecule has 1 heterocycles. The second kappa shape index (κ2) is 3.58. The van der Waals surface area contributed by atoms with E-state index in [1.165, 1.54) is 32.2 Å². The summed E-state index contributed by atoms with van der Waals surface area (Å²) >= 11 is 0. The fraction of sp³-hybridized carbons (Fsp3) is 1.00. The summed E-state index contributed by atoms with van der Waals surface area (Å²) < 4.78 is 0. The lowest BCUT2D eigenvalue weighted by Gasteiger charge is -2.48. The van der Waals surface area contributed by atoms with Gasteiger partial charge in [-0.1, -0.05) is 6.92 Å². The van der Waals surface area contributed by atoms with Gasteiger partial charge in [0.2, 0.25) is 0 Å². The van der Waals surface area contributed by atoms with Crippen molar-refractivity contribution in [3.8, 4) is 0 Å². The minimum Gasteiger partial charge on any atom is -0.328 e. The average Bonchev–Trinajstić information content (AvgIpc) is 2.05. The Hall–Kier alpha value is -0.0800. The molecule has 2 atom stereocenters. The zero-order chi connectivity index (χ0) is 9.42. The molecule has 0 aromatic carbocycles. The molecule has 2 fully saturated rings. The molecule has 76 valence electrons. The Labute approximate surface area is 81.5 Å². The molecule has 2 nitrogen and oxygen atoms in total. The van der Waals surface area contributed by atoms with E-state index in [1.807, 2.05) is 0 Å². The standard InChI is InChI=1S/C11H22N2/c1-8-4-3-5-13(9(8)2)11-6-10(12)7-11/h8-11H,3-7,12H2,1-2H3. The number of nitrogens with two attached hydrogens (primary N) is 1. The van der Waals surface area contributed by atoms with E-state index in [2.05, 4.69) is 18.7 Å². The molecule has 2 rings (SSSR count). The highest BCUT2D eigenvalue weighted by molar-refractivity contribution is 4.93. The summed E-state index contributed by atoms with van der Waals surface area (Å²) in [5, 5.41) is 0. The second-order valence-corrected chi connectivity index (χ2v) is 4.98. The van der Waals surface area contributed by atoms with Crippen LogP contribution in [0.25, 0.3) is 0 Å². The van der Waals surface area contributed by atoms with Gasteiger partial charge in [0.25, 0.3) is 0 Å². The van der Waals surface area contributed by atoms with Crippen molar-refractivity contribution in [1.29, 1.82) is 0 Å². The van der Waals surface area contributed by atoms with E-state index in [-0.39, 0.29) is 0 Å². The van der Waals surface area contributed by atoms with Crippen LogP contribution in [0.15, 0.2) is 0 Å². The van der Waals surface area contributed by atoms with Crippen molar-refractivity contribution < 1.29 is 0 Å². The maximum Gasteiger partial charge on any atom is 0.0128 e.